The van der Waals surface area contributed by atoms with Crippen molar-refractivity contribution in [2.24, 2.45) is 5.92 Å². The maximum Gasteiger partial charge on any atom is 0.338 e. The highest BCUT2D eigenvalue weighted by molar-refractivity contribution is 7.10. The van der Waals surface area contributed by atoms with Gasteiger partial charge >= 0.3 is 5.97 Å². The Bertz CT molecular complexity index is 522. The number of rotatable bonds is 3. The monoisotopic (exact) mass is 323 g/mol. The molecule has 0 saturated carbocycles. The molecule has 0 amide bonds. The second-order valence-corrected chi connectivity index (χ2v) is 8.33. The Hall–Kier alpha value is -0.870. The molecule has 0 unspecified atom stereocenters. The Morgan fingerprint density at radius 1 is 1.36 bits per heavy atom. The highest BCUT2D eigenvalue weighted by Crippen LogP contribution is 2.39. The third-order valence-electron chi connectivity index (χ3n) is 5.09. The molecule has 0 bridgehead atoms. The van der Waals surface area contributed by atoms with Gasteiger partial charge in [0, 0.05) is 15.8 Å². The lowest BCUT2D eigenvalue weighted by Crippen LogP contribution is -2.46. The largest absolute Gasteiger partial charge is 0.465 e. The molecule has 1 saturated heterocycles. The summed E-state index contributed by atoms with van der Waals surface area (Å²) < 4.78 is 4.87. The van der Waals surface area contributed by atoms with E-state index < -0.39 is 0 Å². The topological polar surface area (TPSA) is 29.5 Å². The predicted octanol–water partition coefficient (Wildman–Crippen LogP) is 4.46. The number of carbonyl (C=O) groups excluding carboxylic acids is 1. The van der Waals surface area contributed by atoms with Crippen molar-refractivity contribution in [1.29, 1.82) is 0 Å². The second-order valence-electron chi connectivity index (χ2n) is 7.41. The molecule has 1 atom stereocenters. The number of nitrogens with zero attached hydrogens (tertiary/aromatic N) is 1. The van der Waals surface area contributed by atoms with E-state index in [1.807, 2.05) is 5.38 Å². The number of thiophene rings is 1. The van der Waals surface area contributed by atoms with E-state index in [0.29, 0.717) is 11.8 Å². The predicted molar refractivity (Wildman–Crippen MR) is 92.9 cm³/mol. The van der Waals surface area contributed by atoms with Gasteiger partial charge < -0.3 is 4.74 Å². The molecule has 3 nitrogen and oxygen atoms in total. The van der Waals surface area contributed by atoms with Gasteiger partial charge in [-0.1, -0.05) is 6.92 Å². The molecule has 0 N–H and O–H groups in total. The van der Waals surface area contributed by atoms with Crippen LogP contribution in [0.1, 0.15) is 67.3 Å². The van der Waals surface area contributed by atoms with Gasteiger partial charge in [0.15, 0.2) is 0 Å². The zero-order valence-electron chi connectivity index (χ0n) is 14.7. The molecule has 22 heavy (non-hydrogen) atoms. The van der Waals surface area contributed by atoms with Crippen LogP contribution in [0.25, 0.3) is 0 Å². The van der Waals surface area contributed by atoms with Crippen molar-refractivity contribution in [3.63, 3.8) is 0 Å². The highest BCUT2D eigenvalue weighted by atomic mass is 32.1. The summed E-state index contributed by atoms with van der Waals surface area (Å²) in [6.07, 6.45) is 2.48. The van der Waals surface area contributed by atoms with Crippen LogP contribution >= 0.6 is 11.3 Å². The van der Waals surface area contributed by atoms with Gasteiger partial charge in [0.2, 0.25) is 0 Å². The molecule has 1 fully saturated rings. The van der Waals surface area contributed by atoms with Crippen LogP contribution in [0.15, 0.2) is 5.38 Å². The third kappa shape index (κ3) is 3.54. The van der Waals surface area contributed by atoms with E-state index in [4.69, 9.17) is 4.74 Å². The molecule has 0 radical (unpaired) electrons. The Balaban J connectivity index is 2.06. The molecule has 1 aliphatic heterocycles. The van der Waals surface area contributed by atoms with Crippen LogP contribution in [0.3, 0.4) is 0 Å². The number of hydrogen-bond donors (Lipinski definition) is 0. The molecule has 4 heteroatoms. The van der Waals surface area contributed by atoms with Gasteiger partial charge in [0.1, 0.15) is 0 Å². The van der Waals surface area contributed by atoms with Crippen molar-refractivity contribution in [3.8, 4) is 0 Å². The Morgan fingerprint density at radius 2 is 1.95 bits per heavy atom. The van der Waals surface area contributed by atoms with Gasteiger partial charge in [-0.05, 0) is 71.0 Å². The normalized spacial score (nSPS) is 19.2. The summed E-state index contributed by atoms with van der Waals surface area (Å²) in [7, 11) is 1.45. The van der Waals surface area contributed by atoms with E-state index in [0.717, 1.165) is 11.1 Å². The number of ether oxygens (including phenoxy) is 1. The molecule has 1 aromatic rings. The van der Waals surface area contributed by atoms with Crippen LogP contribution in [0.5, 0.6) is 0 Å². The molecule has 1 aliphatic rings. The van der Waals surface area contributed by atoms with E-state index in [2.05, 4.69) is 39.5 Å². The highest BCUT2D eigenvalue weighted by Gasteiger charge is 2.31. The molecule has 124 valence electrons. The van der Waals surface area contributed by atoms with Crippen LogP contribution in [0.4, 0.5) is 0 Å². The molecular formula is C18H29NO2S. The van der Waals surface area contributed by atoms with Crippen molar-refractivity contribution in [2.75, 3.05) is 20.2 Å². The Labute approximate surface area is 138 Å². The summed E-state index contributed by atoms with van der Waals surface area (Å²) in [6, 6.07) is 0. The van der Waals surface area contributed by atoms with Gasteiger partial charge in [-0.2, -0.15) is 0 Å². The van der Waals surface area contributed by atoms with Gasteiger partial charge in [0.05, 0.1) is 12.7 Å². The van der Waals surface area contributed by atoms with E-state index in [-0.39, 0.29) is 11.5 Å². The zero-order chi connectivity index (χ0) is 16.5. The summed E-state index contributed by atoms with van der Waals surface area (Å²) in [5.41, 5.74) is 2.12. The number of piperidine rings is 1. The molecule has 0 spiro atoms. The summed E-state index contributed by atoms with van der Waals surface area (Å²) >= 11 is 1.71. The van der Waals surface area contributed by atoms with Crippen LogP contribution in [0.2, 0.25) is 0 Å². The van der Waals surface area contributed by atoms with Crippen molar-refractivity contribution >= 4 is 17.3 Å². The summed E-state index contributed by atoms with van der Waals surface area (Å²) in [4.78, 5) is 15.7. The minimum Gasteiger partial charge on any atom is -0.465 e. The number of hydrogen-bond acceptors (Lipinski definition) is 4. The minimum atomic E-state index is -0.213. The Morgan fingerprint density at radius 3 is 2.45 bits per heavy atom. The smallest absolute Gasteiger partial charge is 0.338 e. The average Bonchev–Trinajstić information content (AvgIpc) is 2.86. The number of esters is 1. The molecule has 0 aliphatic carbocycles. The SMILES string of the molecule is COC(=O)c1csc([C@H](C)C2CCN(C(C)(C)C)CC2)c1C. The summed E-state index contributed by atoms with van der Waals surface area (Å²) in [5.74, 6) is 1.02. The summed E-state index contributed by atoms with van der Waals surface area (Å²) in [5, 5.41) is 1.96. The zero-order valence-corrected chi connectivity index (χ0v) is 15.5. The van der Waals surface area contributed by atoms with E-state index in [1.165, 1.54) is 37.9 Å². The first-order valence-electron chi connectivity index (χ1n) is 8.17. The molecule has 2 heterocycles. The van der Waals surface area contributed by atoms with Crippen LogP contribution in [-0.4, -0.2) is 36.6 Å². The lowest BCUT2D eigenvalue weighted by molar-refractivity contribution is 0.0600. The molecular weight excluding hydrogens is 294 g/mol. The average molecular weight is 324 g/mol. The van der Waals surface area contributed by atoms with Crippen LogP contribution < -0.4 is 0 Å². The fourth-order valence-corrected chi connectivity index (χ4v) is 4.69. The minimum absolute atomic E-state index is 0.213. The third-order valence-corrected chi connectivity index (χ3v) is 6.38. The van der Waals surface area contributed by atoms with E-state index in [9.17, 15) is 4.79 Å². The first-order chi connectivity index (χ1) is 10.3. The first-order valence-corrected chi connectivity index (χ1v) is 9.05. The van der Waals surface area contributed by atoms with Crippen LogP contribution in [0, 0.1) is 12.8 Å². The second kappa shape index (κ2) is 6.71. The van der Waals surface area contributed by atoms with Gasteiger partial charge in [-0.3, -0.25) is 4.90 Å². The number of likely N-dealkylation sites (tertiary alicyclic amines) is 1. The van der Waals surface area contributed by atoms with E-state index in [1.54, 1.807) is 11.3 Å². The van der Waals surface area contributed by atoms with Crippen molar-refractivity contribution < 1.29 is 9.53 Å². The molecule has 1 aromatic heterocycles. The van der Waals surface area contributed by atoms with Crippen molar-refractivity contribution in [1.82, 2.24) is 4.90 Å². The Kier molecular flexibility index (Phi) is 5.33. The lowest BCUT2D eigenvalue weighted by Gasteiger charge is -2.42. The van der Waals surface area contributed by atoms with Crippen LogP contribution in [-0.2, 0) is 4.74 Å². The number of carbonyl (C=O) groups is 1. The fraction of sp³-hybridized carbons (Fsp3) is 0.722. The molecule has 2 rings (SSSR count). The quantitative estimate of drug-likeness (QED) is 0.769. The maximum atomic E-state index is 11.8. The van der Waals surface area contributed by atoms with Gasteiger partial charge in [-0.15, -0.1) is 11.3 Å². The lowest BCUT2D eigenvalue weighted by atomic mass is 9.82. The molecule has 0 aromatic carbocycles. The standard InChI is InChI=1S/C18H29NO2S/c1-12(14-7-9-19(10-8-14)18(3,4)5)16-13(2)15(11-22-16)17(20)21-6/h11-12,14H,7-10H2,1-6H3/t12-/m1/s1. The first kappa shape index (κ1) is 17.5. The van der Waals surface area contributed by atoms with E-state index >= 15 is 0 Å². The number of methoxy groups -OCH3 is 1. The van der Waals surface area contributed by atoms with Crippen molar-refractivity contribution in [3.05, 3.63) is 21.4 Å². The fourth-order valence-electron chi connectivity index (χ4n) is 3.48. The van der Waals surface area contributed by atoms with Crippen molar-refractivity contribution in [2.45, 2.75) is 58.9 Å². The maximum absolute atomic E-state index is 11.8. The van der Waals surface area contributed by atoms with Gasteiger partial charge in [0.25, 0.3) is 0 Å². The van der Waals surface area contributed by atoms with Gasteiger partial charge in [-0.25, -0.2) is 4.79 Å². The summed E-state index contributed by atoms with van der Waals surface area (Å²) in [6.45, 7) is 13.6.